The molecule has 2 amide bonds. The van der Waals surface area contributed by atoms with Crippen LogP contribution in [0.4, 0.5) is 20.2 Å². The Hall–Kier alpha value is -4.29. The predicted octanol–water partition coefficient (Wildman–Crippen LogP) is 5.29. The van der Waals surface area contributed by atoms with Crippen molar-refractivity contribution in [3.63, 3.8) is 0 Å². The van der Waals surface area contributed by atoms with Crippen LogP contribution in [0.3, 0.4) is 0 Å². The average Bonchev–Trinajstić information content (AvgIpc) is 3.44. The number of esters is 1. The Morgan fingerprint density at radius 2 is 1.71 bits per heavy atom. The van der Waals surface area contributed by atoms with Crippen molar-refractivity contribution in [2.24, 2.45) is 0 Å². The number of aromatic nitrogens is 3. The molecule has 42 heavy (non-hydrogen) atoms. The highest BCUT2D eigenvalue weighted by Gasteiger charge is 2.28. The second kappa shape index (κ2) is 13.1. The molecule has 4 aromatic rings. The summed E-state index contributed by atoms with van der Waals surface area (Å²) in [6.07, 6.45) is 6.19. The maximum atomic E-state index is 14.8. The van der Waals surface area contributed by atoms with Gasteiger partial charge in [-0.2, -0.15) is 0 Å². The number of amides is 2. The molecular weight excluding hydrogens is 593 g/mol. The Labute approximate surface area is 249 Å². The van der Waals surface area contributed by atoms with E-state index >= 15 is 0 Å². The van der Waals surface area contributed by atoms with Crippen molar-refractivity contribution in [3.8, 4) is 0 Å². The maximum Gasteiger partial charge on any atom is 0.328 e. The highest BCUT2D eigenvalue weighted by molar-refractivity contribution is 6.40. The van der Waals surface area contributed by atoms with E-state index in [1.165, 1.54) is 24.7 Å². The Kier molecular flexibility index (Phi) is 9.59. The Balaban J connectivity index is 1.58. The molecule has 3 heterocycles. The summed E-state index contributed by atoms with van der Waals surface area (Å²) in [5.41, 5.74) is 0.440. The topological polar surface area (TPSA) is 127 Å². The number of halogens is 4. The van der Waals surface area contributed by atoms with E-state index in [-0.39, 0.29) is 33.8 Å². The molecule has 10 nitrogen and oxygen atoms in total. The SMILES string of the molecule is CC[C@H](C)Nc1cc(F)c(C(=O)N[C@@H](Cc2ccc(NC(=O)c3c(Cl)cncc3Cl)c3nccn23)C(=O)OC)c(F)c1. The molecule has 0 radical (unpaired) electrons. The van der Waals surface area contributed by atoms with Crippen LogP contribution in [-0.4, -0.2) is 51.3 Å². The highest BCUT2D eigenvalue weighted by atomic mass is 35.5. The molecule has 1 aromatic carbocycles. The van der Waals surface area contributed by atoms with E-state index in [0.29, 0.717) is 17.0 Å². The molecule has 2 atom stereocenters. The molecule has 0 saturated carbocycles. The molecule has 0 aliphatic carbocycles. The van der Waals surface area contributed by atoms with Gasteiger partial charge in [0.2, 0.25) is 0 Å². The number of ether oxygens (including phenoxy) is 1. The molecule has 4 rings (SSSR count). The Bertz CT molecular complexity index is 1620. The largest absolute Gasteiger partial charge is 0.467 e. The minimum Gasteiger partial charge on any atom is -0.467 e. The van der Waals surface area contributed by atoms with Crippen LogP contribution in [0.5, 0.6) is 0 Å². The average molecular weight is 619 g/mol. The second-order valence-electron chi connectivity index (χ2n) is 9.31. The first-order valence-electron chi connectivity index (χ1n) is 12.7. The zero-order valence-corrected chi connectivity index (χ0v) is 24.2. The lowest BCUT2D eigenvalue weighted by Crippen LogP contribution is -2.44. The van der Waals surface area contributed by atoms with Crippen molar-refractivity contribution in [2.45, 2.75) is 38.8 Å². The van der Waals surface area contributed by atoms with E-state index in [9.17, 15) is 23.2 Å². The van der Waals surface area contributed by atoms with Crippen molar-refractivity contribution in [3.05, 3.63) is 87.6 Å². The third-order valence-electron chi connectivity index (χ3n) is 6.46. The minimum absolute atomic E-state index is 0.0266. The van der Waals surface area contributed by atoms with Crippen molar-refractivity contribution < 1.29 is 27.9 Å². The first-order chi connectivity index (χ1) is 20.0. The van der Waals surface area contributed by atoms with Gasteiger partial charge < -0.3 is 25.1 Å². The molecule has 0 saturated heterocycles. The molecule has 220 valence electrons. The zero-order valence-electron chi connectivity index (χ0n) is 22.7. The van der Waals surface area contributed by atoms with Crippen LogP contribution in [0.2, 0.25) is 10.0 Å². The van der Waals surface area contributed by atoms with Crippen LogP contribution in [-0.2, 0) is 16.0 Å². The molecule has 0 bridgehead atoms. The highest BCUT2D eigenvalue weighted by Crippen LogP contribution is 2.26. The summed E-state index contributed by atoms with van der Waals surface area (Å²) in [6, 6.07) is 3.80. The number of fused-ring (bicyclic) bond motifs is 1. The molecule has 3 aromatic heterocycles. The van der Waals surface area contributed by atoms with Gasteiger partial charge in [0.1, 0.15) is 23.2 Å². The number of imidazole rings is 1. The molecule has 0 aliphatic heterocycles. The van der Waals surface area contributed by atoms with Gasteiger partial charge in [-0.05, 0) is 37.6 Å². The summed E-state index contributed by atoms with van der Waals surface area (Å²) in [5, 5.41) is 8.14. The van der Waals surface area contributed by atoms with Crippen LogP contribution in [0.1, 0.15) is 46.7 Å². The monoisotopic (exact) mass is 618 g/mol. The smallest absolute Gasteiger partial charge is 0.328 e. The fourth-order valence-electron chi connectivity index (χ4n) is 4.18. The van der Waals surface area contributed by atoms with E-state index in [4.69, 9.17) is 27.9 Å². The van der Waals surface area contributed by atoms with E-state index in [2.05, 4.69) is 25.9 Å². The standard InChI is InChI=1S/C28H26Cl2F2N6O4/c1-4-14(2)35-15-9-19(31)24(20(32)10-15)27(40)37-22(28(41)42-3)11-16-5-6-21(25-34-7-8-38(16)25)36-26(39)23-17(29)12-33-13-18(23)30/h5-10,12-14,22,35H,4,11H2,1-3H3,(H,36,39)(H,37,40)/t14-,22-/m0/s1. The molecule has 14 heteroatoms. The summed E-state index contributed by atoms with van der Waals surface area (Å²) in [4.78, 5) is 46.6. The fraction of sp³-hybridized carbons (Fsp3) is 0.250. The van der Waals surface area contributed by atoms with Gasteiger partial charge in [-0.1, -0.05) is 30.1 Å². The number of hydrogen-bond acceptors (Lipinski definition) is 7. The van der Waals surface area contributed by atoms with E-state index in [1.807, 2.05) is 13.8 Å². The first kappa shape index (κ1) is 30.7. The van der Waals surface area contributed by atoms with Crippen LogP contribution < -0.4 is 16.0 Å². The summed E-state index contributed by atoms with van der Waals surface area (Å²) in [5.74, 6) is -4.75. The van der Waals surface area contributed by atoms with Gasteiger partial charge in [0, 0.05) is 48.6 Å². The van der Waals surface area contributed by atoms with Crippen LogP contribution >= 0.6 is 23.2 Å². The lowest BCUT2D eigenvalue weighted by atomic mass is 10.1. The molecule has 3 N–H and O–H groups in total. The van der Waals surface area contributed by atoms with Gasteiger partial charge in [-0.25, -0.2) is 18.6 Å². The van der Waals surface area contributed by atoms with Gasteiger partial charge in [0.15, 0.2) is 5.65 Å². The van der Waals surface area contributed by atoms with Crippen molar-refractivity contribution in [1.82, 2.24) is 19.7 Å². The summed E-state index contributed by atoms with van der Waals surface area (Å²) >= 11 is 12.2. The number of hydrogen-bond donors (Lipinski definition) is 3. The van der Waals surface area contributed by atoms with Crippen LogP contribution in [0, 0.1) is 11.6 Å². The van der Waals surface area contributed by atoms with Crippen molar-refractivity contribution in [1.29, 1.82) is 0 Å². The van der Waals surface area contributed by atoms with Gasteiger partial charge in [0.05, 0.1) is 28.4 Å². The van der Waals surface area contributed by atoms with Crippen LogP contribution in [0.25, 0.3) is 5.65 Å². The molecule has 0 spiro atoms. The predicted molar refractivity (Wildman–Crippen MR) is 154 cm³/mol. The number of carbonyl (C=O) groups excluding carboxylic acids is 3. The third kappa shape index (κ3) is 6.60. The van der Waals surface area contributed by atoms with Gasteiger partial charge in [0.25, 0.3) is 11.8 Å². The molecule has 0 unspecified atom stereocenters. The van der Waals surface area contributed by atoms with Gasteiger partial charge in [-0.15, -0.1) is 0 Å². The fourth-order valence-corrected chi connectivity index (χ4v) is 4.72. The quantitative estimate of drug-likeness (QED) is 0.206. The van der Waals surface area contributed by atoms with E-state index in [1.54, 1.807) is 16.7 Å². The molecule has 0 fully saturated rings. The third-order valence-corrected chi connectivity index (χ3v) is 7.03. The maximum absolute atomic E-state index is 14.8. The Morgan fingerprint density at radius 3 is 2.33 bits per heavy atom. The number of benzene rings is 1. The zero-order chi connectivity index (χ0) is 30.6. The summed E-state index contributed by atoms with van der Waals surface area (Å²) in [7, 11) is 1.12. The normalized spacial score (nSPS) is 12.5. The number of rotatable bonds is 10. The Morgan fingerprint density at radius 1 is 1.05 bits per heavy atom. The van der Waals surface area contributed by atoms with Gasteiger partial charge >= 0.3 is 5.97 Å². The lowest BCUT2D eigenvalue weighted by Gasteiger charge is -2.19. The second-order valence-corrected chi connectivity index (χ2v) is 10.1. The minimum atomic E-state index is -1.32. The van der Waals surface area contributed by atoms with Crippen LogP contribution in [0.15, 0.2) is 49.1 Å². The van der Waals surface area contributed by atoms with Crippen molar-refractivity contribution >= 4 is 58.0 Å². The number of carbonyl (C=O) groups is 3. The number of pyridine rings is 2. The van der Waals surface area contributed by atoms with Gasteiger partial charge in [-0.3, -0.25) is 14.6 Å². The lowest BCUT2D eigenvalue weighted by molar-refractivity contribution is -0.142. The number of anilines is 2. The number of nitrogens with zero attached hydrogens (tertiary/aromatic N) is 3. The van der Waals surface area contributed by atoms with Crippen molar-refractivity contribution in [2.75, 3.05) is 17.7 Å². The van der Waals surface area contributed by atoms with E-state index in [0.717, 1.165) is 25.7 Å². The first-order valence-corrected chi connectivity index (χ1v) is 13.5. The summed E-state index contributed by atoms with van der Waals surface area (Å²) in [6.45, 7) is 3.76. The molecular formula is C28H26Cl2F2N6O4. The molecule has 0 aliphatic rings. The summed E-state index contributed by atoms with van der Waals surface area (Å²) < 4.78 is 36.1. The number of nitrogens with one attached hydrogen (secondary N) is 3. The van der Waals surface area contributed by atoms with E-state index < -0.39 is 41.0 Å². The number of methoxy groups -OCH3 is 1.